The number of fused-ring (bicyclic) bond motifs is 1. The molecular weight excluding hydrogens is 252 g/mol. The van der Waals surface area contributed by atoms with Crippen molar-refractivity contribution in [3.63, 3.8) is 0 Å². The van der Waals surface area contributed by atoms with Crippen LogP contribution in [0.5, 0.6) is 5.75 Å². The Bertz CT molecular complexity index is 767. The van der Waals surface area contributed by atoms with Crippen molar-refractivity contribution in [1.82, 2.24) is 0 Å². The Kier molecular flexibility index (Phi) is 3.03. The Morgan fingerprint density at radius 2 is 1.80 bits per heavy atom. The second-order valence-corrected chi connectivity index (χ2v) is 4.64. The molecule has 0 saturated carbocycles. The summed E-state index contributed by atoms with van der Waals surface area (Å²) in [7, 11) is 0. The Labute approximate surface area is 116 Å². The van der Waals surface area contributed by atoms with Gasteiger partial charge in [0.05, 0.1) is 0 Å². The second kappa shape index (κ2) is 4.85. The van der Waals surface area contributed by atoms with Crippen LogP contribution in [0.25, 0.3) is 11.0 Å². The monoisotopic (exact) mass is 266 g/mol. The first kappa shape index (κ1) is 12.5. The van der Waals surface area contributed by atoms with Crippen molar-refractivity contribution >= 4 is 16.8 Å². The van der Waals surface area contributed by atoms with Crippen molar-refractivity contribution in [3.8, 4) is 5.75 Å². The Morgan fingerprint density at radius 3 is 2.50 bits per heavy atom. The van der Waals surface area contributed by atoms with Crippen LogP contribution < -0.4 is 0 Å². The van der Waals surface area contributed by atoms with Crippen LogP contribution in [0, 0.1) is 0 Å². The van der Waals surface area contributed by atoms with E-state index in [0.29, 0.717) is 11.3 Å². The third kappa shape index (κ3) is 1.97. The largest absolute Gasteiger partial charge is 0.508 e. The summed E-state index contributed by atoms with van der Waals surface area (Å²) < 4.78 is 5.72. The normalized spacial score (nSPS) is 10.8. The molecule has 2 aromatic carbocycles. The number of hydrogen-bond acceptors (Lipinski definition) is 3. The van der Waals surface area contributed by atoms with E-state index in [4.69, 9.17) is 4.42 Å². The Morgan fingerprint density at radius 1 is 1.10 bits per heavy atom. The van der Waals surface area contributed by atoms with Gasteiger partial charge in [-0.15, -0.1) is 0 Å². The minimum absolute atomic E-state index is 0.141. The van der Waals surface area contributed by atoms with Gasteiger partial charge in [0.2, 0.25) is 5.78 Å². The molecular formula is C17H14O3. The molecule has 0 aliphatic heterocycles. The SMILES string of the molecule is CCc1c(C(=O)c2ccc(O)cc2)oc2ccccc12. The number of para-hydroxylation sites is 1. The molecule has 0 bridgehead atoms. The number of aryl methyl sites for hydroxylation is 1. The van der Waals surface area contributed by atoms with Gasteiger partial charge in [0.1, 0.15) is 11.3 Å². The van der Waals surface area contributed by atoms with E-state index in [1.165, 1.54) is 12.1 Å². The zero-order chi connectivity index (χ0) is 14.1. The third-order valence-electron chi connectivity index (χ3n) is 3.39. The van der Waals surface area contributed by atoms with E-state index in [0.717, 1.165) is 23.0 Å². The summed E-state index contributed by atoms with van der Waals surface area (Å²) in [4.78, 5) is 12.5. The number of furan rings is 1. The van der Waals surface area contributed by atoms with Crippen molar-refractivity contribution in [1.29, 1.82) is 0 Å². The van der Waals surface area contributed by atoms with Crippen LogP contribution in [0.4, 0.5) is 0 Å². The van der Waals surface area contributed by atoms with Crippen molar-refractivity contribution in [2.75, 3.05) is 0 Å². The molecule has 0 saturated heterocycles. The van der Waals surface area contributed by atoms with Crippen LogP contribution in [0.1, 0.15) is 28.6 Å². The van der Waals surface area contributed by atoms with Crippen LogP contribution >= 0.6 is 0 Å². The summed E-state index contributed by atoms with van der Waals surface area (Å²) in [5.41, 5.74) is 2.17. The van der Waals surface area contributed by atoms with Gasteiger partial charge in [0.25, 0.3) is 0 Å². The van der Waals surface area contributed by atoms with Crippen molar-refractivity contribution < 1.29 is 14.3 Å². The second-order valence-electron chi connectivity index (χ2n) is 4.64. The van der Waals surface area contributed by atoms with Gasteiger partial charge in [-0.2, -0.15) is 0 Å². The van der Waals surface area contributed by atoms with Crippen LogP contribution in [0.15, 0.2) is 52.9 Å². The lowest BCUT2D eigenvalue weighted by molar-refractivity contribution is 0.101. The van der Waals surface area contributed by atoms with Gasteiger partial charge in [0, 0.05) is 16.5 Å². The van der Waals surface area contributed by atoms with E-state index in [1.807, 2.05) is 31.2 Å². The summed E-state index contributed by atoms with van der Waals surface area (Å²) in [5, 5.41) is 10.3. The van der Waals surface area contributed by atoms with Gasteiger partial charge in [-0.3, -0.25) is 4.79 Å². The number of hydrogen-bond donors (Lipinski definition) is 1. The number of aromatic hydroxyl groups is 1. The number of rotatable bonds is 3. The minimum atomic E-state index is -0.155. The third-order valence-corrected chi connectivity index (χ3v) is 3.39. The van der Waals surface area contributed by atoms with E-state index in [9.17, 15) is 9.90 Å². The smallest absolute Gasteiger partial charge is 0.228 e. The van der Waals surface area contributed by atoms with E-state index in [1.54, 1.807) is 12.1 Å². The number of carbonyl (C=O) groups excluding carboxylic acids is 1. The maximum absolute atomic E-state index is 12.5. The standard InChI is InChI=1S/C17H14O3/c1-2-13-14-5-3-4-6-15(14)20-17(13)16(19)11-7-9-12(18)10-8-11/h3-10,18H,2H2,1H3. The van der Waals surface area contributed by atoms with Gasteiger partial charge in [-0.1, -0.05) is 25.1 Å². The van der Waals surface area contributed by atoms with Gasteiger partial charge < -0.3 is 9.52 Å². The van der Waals surface area contributed by atoms with E-state index >= 15 is 0 Å². The lowest BCUT2D eigenvalue weighted by Gasteiger charge is -2.00. The average Bonchev–Trinajstić information content (AvgIpc) is 2.85. The van der Waals surface area contributed by atoms with E-state index in [2.05, 4.69) is 0 Å². The molecule has 0 fully saturated rings. The van der Waals surface area contributed by atoms with Crippen molar-refractivity contribution in [2.24, 2.45) is 0 Å². The summed E-state index contributed by atoms with van der Waals surface area (Å²) >= 11 is 0. The average molecular weight is 266 g/mol. The first-order valence-corrected chi connectivity index (χ1v) is 6.55. The predicted molar refractivity (Wildman–Crippen MR) is 77.1 cm³/mol. The lowest BCUT2D eigenvalue weighted by atomic mass is 10.0. The fourth-order valence-corrected chi connectivity index (χ4v) is 2.38. The van der Waals surface area contributed by atoms with Crippen LogP contribution in [-0.2, 0) is 6.42 Å². The molecule has 1 heterocycles. The minimum Gasteiger partial charge on any atom is -0.508 e. The maximum atomic E-state index is 12.5. The molecule has 0 aliphatic rings. The lowest BCUT2D eigenvalue weighted by Crippen LogP contribution is -2.02. The highest BCUT2D eigenvalue weighted by Gasteiger charge is 2.20. The highest BCUT2D eigenvalue weighted by atomic mass is 16.3. The quantitative estimate of drug-likeness (QED) is 0.731. The van der Waals surface area contributed by atoms with Crippen molar-refractivity contribution in [2.45, 2.75) is 13.3 Å². The molecule has 3 rings (SSSR count). The first-order valence-electron chi connectivity index (χ1n) is 6.55. The van der Waals surface area contributed by atoms with Crippen LogP contribution in [0.2, 0.25) is 0 Å². The Hall–Kier alpha value is -2.55. The number of phenols is 1. The summed E-state index contributed by atoms with van der Waals surface area (Å²) in [6.07, 6.45) is 0.732. The molecule has 1 aromatic heterocycles. The molecule has 0 spiro atoms. The zero-order valence-corrected chi connectivity index (χ0v) is 11.1. The maximum Gasteiger partial charge on any atom is 0.228 e. The number of carbonyl (C=O) groups is 1. The molecule has 0 atom stereocenters. The van der Waals surface area contributed by atoms with E-state index < -0.39 is 0 Å². The topological polar surface area (TPSA) is 50.4 Å². The number of ketones is 1. The summed E-state index contributed by atoms with van der Waals surface area (Å²) in [6.45, 7) is 2.00. The van der Waals surface area contributed by atoms with E-state index in [-0.39, 0.29) is 11.5 Å². The molecule has 3 aromatic rings. The Balaban J connectivity index is 2.13. The zero-order valence-electron chi connectivity index (χ0n) is 11.1. The van der Waals surface area contributed by atoms with Gasteiger partial charge in [-0.05, 0) is 36.8 Å². The number of benzene rings is 2. The molecule has 0 aliphatic carbocycles. The van der Waals surface area contributed by atoms with Gasteiger partial charge in [0.15, 0.2) is 5.76 Å². The highest BCUT2D eigenvalue weighted by Crippen LogP contribution is 2.28. The van der Waals surface area contributed by atoms with Gasteiger partial charge in [-0.25, -0.2) is 0 Å². The fraction of sp³-hybridized carbons (Fsp3) is 0.118. The molecule has 3 nitrogen and oxygen atoms in total. The molecule has 0 unspecified atom stereocenters. The molecule has 100 valence electrons. The van der Waals surface area contributed by atoms with Gasteiger partial charge >= 0.3 is 0 Å². The molecule has 0 amide bonds. The molecule has 0 radical (unpaired) electrons. The molecule has 3 heteroatoms. The van der Waals surface area contributed by atoms with Crippen molar-refractivity contribution in [3.05, 3.63) is 65.4 Å². The fourth-order valence-electron chi connectivity index (χ4n) is 2.38. The highest BCUT2D eigenvalue weighted by molar-refractivity contribution is 6.10. The summed E-state index contributed by atoms with van der Waals surface area (Å²) in [6, 6.07) is 13.9. The molecule has 1 N–H and O–H groups in total. The predicted octanol–water partition coefficient (Wildman–Crippen LogP) is 3.93. The number of phenolic OH excluding ortho intramolecular Hbond substituents is 1. The first-order chi connectivity index (χ1) is 9.70. The summed E-state index contributed by atoms with van der Waals surface area (Å²) in [5.74, 6) is 0.374. The van der Waals surface area contributed by atoms with Crippen LogP contribution in [-0.4, -0.2) is 10.9 Å². The van der Waals surface area contributed by atoms with Crippen LogP contribution in [0.3, 0.4) is 0 Å². The molecule has 20 heavy (non-hydrogen) atoms.